The number of carbonyl (C=O) groups is 1. The van der Waals surface area contributed by atoms with Crippen molar-refractivity contribution >= 4 is 5.91 Å². The number of benzene rings is 1. The Morgan fingerprint density at radius 3 is 2.72 bits per heavy atom. The number of rotatable bonds is 4. The van der Waals surface area contributed by atoms with Crippen LogP contribution in [0.2, 0.25) is 0 Å². The van der Waals surface area contributed by atoms with Crippen LogP contribution in [0.25, 0.3) is 0 Å². The molecule has 1 spiro atoms. The Balaban J connectivity index is 1.61. The van der Waals surface area contributed by atoms with Crippen molar-refractivity contribution in [2.45, 2.75) is 45.1 Å². The van der Waals surface area contributed by atoms with Crippen molar-refractivity contribution in [3.05, 3.63) is 35.9 Å². The molecule has 2 fully saturated rings. The van der Waals surface area contributed by atoms with Gasteiger partial charge < -0.3 is 14.5 Å². The van der Waals surface area contributed by atoms with Crippen molar-refractivity contribution in [2.24, 2.45) is 5.92 Å². The van der Waals surface area contributed by atoms with Gasteiger partial charge in [-0.15, -0.1) is 0 Å². The Kier molecular flexibility index (Phi) is 6.13. The molecule has 1 aromatic carbocycles. The topological polar surface area (TPSA) is 32.8 Å². The molecule has 1 amide bonds. The van der Waals surface area contributed by atoms with E-state index in [0.717, 1.165) is 50.4 Å². The summed E-state index contributed by atoms with van der Waals surface area (Å²) in [5.74, 6) is 0.895. The average Bonchev–Trinajstić information content (AvgIpc) is 2.82. The van der Waals surface area contributed by atoms with Crippen LogP contribution in [-0.4, -0.2) is 60.6 Å². The predicted molar refractivity (Wildman–Crippen MR) is 101 cm³/mol. The van der Waals surface area contributed by atoms with Gasteiger partial charge in [0.15, 0.2) is 0 Å². The molecule has 3 rings (SSSR count). The quantitative estimate of drug-likeness (QED) is 0.839. The number of nitrogens with zero attached hydrogens (tertiary/aromatic N) is 2. The standard InChI is InChI=1S/C21H32N2O2/c1-18(2)9-13-22-12-6-10-21(11-14-22)17-23(15-16-25-21)20(24)19-7-4-3-5-8-19/h3-5,7-8,18H,6,9-17H2,1-2H3/t21-/m0/s1. The van der Waals surface area contributed by atoms with Crippen molar-refractivity contribution in [3.63, 3.8) is 0 Å². The molecular weight excluding hydrogens is 312 g/mol. The number of amides is 1. The second-order valence-corrected chi connectivity index (χ2v) is 8.00. The van der Waals surface area contributed by atoms with Gasteiger partial charge in [-0.25, -0.2) is 0 Å². The minimum atomic E-state index is -0.144. The van der Waals surface area contributed by atoms with Crippen molar-refractivity contribution < 1.29 is 9.53 Å². The zero-order valence-corrected chi connectivity index (χ0v) is 15.7. The van der Waals surface area contributed by atoms with E-state index in [4.69, 9.17) is 4.74 Å². The molecule has 138 valence electrons. The molecule has 0 aliphatic carbocycles. The van der Waals surface area contributed by atoms with Crippen molar-refractivity contribution in [3.8, 4) is 0 Å². The van der Waals surface area contributed by atoms with Gasteiger partial charge in [0.25, 0.3) is 5.91 Å². The first-order valence-corrected chi connectivity index (χ1v) is 9.79. The maximum absolute atomic E-state index is 12.8. The van der Waals surface area contributed by atoms with Crippen molar-refractivity contribution in [1.29, 1.82) is 0 Å². The molecule has 1 aromatic rings. The van der Waals surface area contributed by atoms with E-state index in [2.05, 4.69) is 18.7 Å². The molecule has 0 unspecified atom stereocenters. The van der Waals surface area contributed by atoms with E-state index >= 15 is 0 Å². The maximum atomic E-state index is 12.8. The second-order valence-electron chi connectivity index (χ2n) is 8.00. The van der Waals surface area contributed by atoms with Gasteiger partial charge in [0.05, 0.1) is 18.8 Å². The molecule has 25 heavy (non-hydrogen) atoms. The summed E-state index contributed by atoms with van der Waals surface area (Å²) in [5.41, 5.74) is 0.640. The fourth-order valence-electron chi connectivity index (χ4n) is 3.97. The Bertz CT molecular complexity index is 560. The summed E-state index contributed by atoms with van der Waals surface area (Å²) in [7, 11) is 0. The van der Waals surface area contributed by atoms with Gasteiger partial charge in [-0.2, -0.15) is 0 Å². The van der Waals surface area contributed by atoms with Gasteiger partial charge in [0.1, 0.15) is 0 Å². The summed E-state index contributed by atoms with van der Waals surface area (Å²) in [6, 6.07) is 9.63. The van der Waals surface area contributed by atoms with Crippen LogP contribution < -0.4 is 0 Å². The van der Waals surface area contributed by atoms with Crippen LogP contribution in [-0.2, 0) is 4.74 Å². The van der Waals surface area contributed by atoms with Gasteiger partial charge in [0, 0.05) is 18.7 Å². The van der Waals surface area contributed by atoms with Crippen molar-refractivity contribution in [1.82, 2.24) is 9.80 Å². The summed E-state index contributed by atoms with van der Waals surface area (Å²) in [5, 5.41) is 0. The number of likely N-dealkylation sites (tertiary alicyclic amines) is 1. The highest BCUT2D eigenvalue weighted by molar-refractivity contribution is 5.94. The lowest BCUT2D eigenvalue weighted by Gasteiger charge is -2.42. The summed E-state index contributed by atoms with van der Waals surface area (Å²) in [6.45, 7) is 10.1. The van der Waals surface area contributed by atoms with Crippen LogP contribution in [0.4, 0.5) is 0 Å². The molecule has 2 saturated heterocycles. The lowest BCUT2D eigenvalue weighted by atomic mass is 9.92. The molecular formula is C21H32N2O2. The van der Waals surface area contributed by atoms with E-state index in [1.54, 1.807) is 0 Å². The molecule has 4 heteroatoms. The molecule has 0 N–H and O–H groups in total. The van der Waals surface area contributed by atoms with E-state index in [9.17, 15) is 4.79 Å². The minimum Gasteiger partial charge on any atom is -0.371 e. The zero-order chi connectivity index (χ0) is 17.7. The van der Waals surface area contributed by atoms with Crippen LogP contribution in [0.5, 0.6) is 0 Å². The summed E-state index contributed by atoms with van der Waals surface area (Å²) >= 11 is 0. The lowest BCUT2D eigenvalue weighted by Crippen LogP contribution is -2.54. The van der Waals surface area contributed by atoms with Crippen LogP contribution in [0.3, 0.4) is 0 Å². The highest BCUT2D eigenvalue weighted by Gasteiger charge is 2.39. The summed E-state index contributed by atoms with van der Waals surface area (Å²) < 4.78 is 6.26. The van der Waals surface area contributed by atoms with E-state index < -0.39 is 0 Å². The molecule has 2 heterocycles. The normalized spacial score (nSPS) is 25.3. The van der Waals surface area contributed by atoms with Gasteiger partial charge in [-0.05, 0) is 56.8 Å². The van der Waals surface area contributed by atoms with Gasteiger partial charge in [-0.1, -0.05) is 32.0 Å². The predicted octanol–water partition coefficient (Wildman–Crippen LogP) is 3.43. The van der Waals surface area contributed by atoms with E-state index in [0.29, 0.717) is 13.2 Å². The third-order valence-electron chi connectivity index (χ3n) is 5.57. The van der Waals surface area contributed by atoms with Crippen LogP contribution in [0, 0.1) is 5.92 Å². The van der Waals surface area contributed by atoms with Crippen LogP contribution >= 0.6 is 0 Å². The highest BCUT2D eigenvalue weighted by atomic mass is 16.5. The Morgan fingerprint density at radius 2 is 1.96 bits per heavy atom. The minimum absolute atomic E-state index is 0.143. The highest BCUT2D eigenvalue weighted by Crippen LogP contribution is 2.31. The van der Waals surface area contributed by atoms with E-state index in [1.165, 1.54) is 13.0 Å². The third kappa shape index (κ3) is 4.83. The molecule has 0 radical (unpaired) electrons. The molecule has 1 atom stereocenters. The first-order valence-electron chi connectivity index (χ1n) is 9.79. The molecule has 4 nitrogen and oxygen atoms in total. The number of carbonyl (C=O) groups excluding carboxylic acids is 1. The molecule has 2 aliphatic rings. The van der Waals surface area contributed by atoms with Gasteiger partial charge in [-0.3, -0.25) is 4.79 Å². The average molecular weight is 344 g/mol. The Morgan fingerprint density at radius 1 is 1.16 bits per heavy atom. The number of ether oxygens (including phenoxy) is 1. The number of morpholine rings is 1. The van der Waals surface area contributed by atoms with Crippen LogP contribution in [0.1, 0.15) is 49.9 Å². The molecule has 0 bridgehead atoms. The summed E-state index contributed by atoms with van der Waals surface area (Å²) in [4.78, 5) is 17.4. The van der Waals surface area contributed by atoms with Gasteiger partial charge >= 0.3 is 0 Å². The smallest absolute Gasteiger partial charge is 0.254 e. The summed E-state index contributed by atoms with van der Waals surface area (Å²) in [6.07, 6.45) is 4.51. The number of hydrogen-bond donors (Lipinski definition) is 0. The molecule has 0 saturated carbocycles. The fraction of sp³-hybridized carbons (Fsp3) is 0.667. The second kappa shape index (κ2) is 8.33. The largest absolute Gasteiger partial charge is 0.371 e. The first-order chi connectivity index (χ1) is 12.1. The maximum Gasteiger partial charge on any atom is 0.254 e. The number of hydrogen-bond acceptors (Lipinski definition) is 3. The Hall–Kier alpha value is -1.39. The molecule has 2 aliphatic heterocycles. The molecule has 0 aromatic heterocycles. The van der Waals surface area contributed by atoms with Gasteiger partial charge in [0.2, 0.25) is 0 Å². The van der Waals surface area contributed by atoms with E-state index in [1.807, 2.05) is 35.2 Å². The zero-order valence-electron chi connectivity index (χ0n) is 15.7. The first kappa shape index (κ1) is 18.4. The lowest BCUT2D eigenvalue weighted by molar-refractivity contribution is -0.106. The van der Waals surface area contributed by atoms with Crippen LogP contribution in [0.15, 0.2) is 30.3 Å². The van der Waals surface area contributed by atoms with Crippen molar-refractivity contribution in [2.75, 3.05) is 39.3 Å². The SMILES string of the molecule is CC(C)CCN1CCC[C@]2(CC1)CN(C(=O)c1ccccc1)CCO2. The Labute approximate surface area is 152 Å². The third-order valence-corrected chi connectivity index (χ3v) is 5.57. The van der Waals surface area contributed by atoms with E-state index in [-0.39, 0.29) is 11.5 Å². The monoisotopic (exact) mass is 344 g/mol. The fourth-order valence-corrected chi connectivity index (χ4v) is 3.97.